The highest BCUT2D eigenvalue weighted by Gasteiger charge is 2.13. The number of hydrogen-bond acceptors (Lipinski definition) is 5. The lowest BCUT2D eigenvalue weighted by Gasteiger charge is -2.23. The quantitative estimate of drug-likeness (QED) is 0.850. The number of rotatable bonds is 6. The molecule has 20 heavy (non-hydrogen) atoms. The number of nitrogens with zero attached hydrogens (tertiary/aromatic N) is 4. The molecule has 2 rings (SSSR count). The summed E-state index contributed by atoms with van der Waals surface area (Å²) in [5, 5.41) is 9.02. The molecule has 6 nitrogen and oxygen atoms in total. The third-order valence-electron chi connectivity index (χ3n) is 2.90. The first-order chi connectivity index (χ1) is 9.56. The van der Waals surface area contributed by atoms with Crippen molar-refractivity contribution in [1.82, 2.24) is 14.9 Å². The van der Waals surface area contributed by atoms with Crippen LogP contribution in [0.4, 0.5) is 5.82 Å². The highest BCUT2D eigenvalue weighted by molar-refractivity contribution is 5.77. The van der Waals surface area contributed by atoms with E-state index < -0.39 is 5.97 Å². The molecular formula is C14H18N4O2. The number of anilines is 1. The fourth-order valence-electron chi connectivity index (χ4n) is 1.86. The predicted molar refractivity (Wildman–Crippen MR) is 77.9 cm³/mol. The molecule has 0 spiro atoms. The van der Waals surface area contributed by atoms with Crippen molar-refractivity contribution in [1.29, 1.82) is 0 Å². The van der Waals surface area contributed by atoms with Crippen LogP contribution in [0.2, 0.25) is 0 Å². The molecule has 106 valence electrons. The summed E-state index contributed by atoms with van der Waals surface area (Å²) in [7, 11) is 3.90. The Kier molecular flexibility index (Phi) is 4.47. The Morgan fingerprint density at radius 3 is 2.55 bits per heavy atom. The van der Waals surface area contributed by atoms with Gasteiger partial charge in [0.25, 0.3) is 0 Å². The molecule has 1 N–H and O–H groups in total. The molecule has 0 aliphatic rings. The second-order valence-electron chi connectivity index (χ2n) is 4.84. The number of aromatic nitrogens is 2. The number of para-hydroxylation sites is 2. The smallest absolute Gasteiger partial charge is 0.323 e. The van der Waals surface area contributed by atoms with E-state index in [0.717, 1.165) is 17.6 Å². The topological polar surface area (TPSA) is 69.6 Å². The largest absolute Gasteiger partial charge is 0.480 e. The summed E-state index contributed by atoms with van der Waals surface area (Å²) < 4.78 is 0. The lowest BCUT2D eigenvalue weighted by molar-refractivity contribution is -0.135. The van der Waals surface area contributed by atoms with Gasteiger partial charge in [-0.2, -0.15) is 0 Å². The summed E-state index contributed by atoms with van der Waals surface area (Å²) in [5.41, 5.74) is 1.57. The minimum atomic E-state index is -0.876. The molecule has 0 saturated heterocycles. The zero-order valence-electron chi connectivity index (χ0n) is 11.7. The molecule has 0 bridgehead atoms. The third-order valence-corrected chi connectivity index (χ3v) is 2.90. The minimum absolute atomic E-state index is 0.0825. The Labute approximate surface area is 117 Å². The van der Waals surface area contributed by atoms with Gasteiger partial charge in [0.15, 0.2) is 0 Å². The van der Waals surface area contributed by atoms with Crippen molar-refractivity contribution in [3.8, 4) is 0 Å². The Bertz CT molecular complexity index is 600. The first-order valence-electron chi connectivity index (χ1n) is 6.39. The van der Waals surface area contributed by atoms with Crippen LogP contribution >= 0.6 is 0 Å². The summed E-state index contributed by atoms with van der Waals surface area (Å²) in [6.07, 6.45) is 1.63. The summed E-state index contributed by atoms with van der Waals surface area (Å²) in [6, 6.07) is 7.55. The second kappa shape index (κ2) is 6.29. The van der Waals surface area contributed by atoms with Gasteiger partial charge in [-0.15, -0.1) is 0 Å². The summed E-state index contributed by atoms with van der Waals surface area (Å²) in [4.78, 5) is 23.5. The first kappa shape index (κ1) is 14.2. The minimum Gasteiger partial charge on any atom is -0.480 e. The van der Waals surface area contributed by atoms with Crippen LogP contribution in [0.25, 0.3) is 11.0 Å². The van der Waals surface area contributed by atoms with Gasteiger partial charge < -0.3 is 14.9 Å². The van der Waals surface area contributed by atoms with Crippen molar-refractivity contribution in [2.75, 3.05) is 38.6 Å². The van der Waals surface area contributed by atoms with Crippen LogP contribution in [0.5, 0.6) is 0 Å². The fourth-order valence-corrected chi connectivity index (χ4v) is 1.86. The van der Waals surface area contributed by atoms with Crippen molar-refractivity contribution in [2.24, 2.45) is 0 Å². The SMILES string of the molecule is CN(C)CCN(CC(=O)O)c1cnc2ccccc2n1. The standard InChI is InChI=1S/C14H18N4O2/c1-17(2)7-8-18(10-14(19)20)13-9-15-11-5-3-4-6-12(11)16-13/h3-6,9H,7-8,10H2,1-2H3,(H,19,20). The number of likely N-dealkylation sites (N-methyl/N-ethyl adjacent to an activating group) is 1. The van der Waals surface area contributed by atoms with Crippen LogP contribution in [-0.4, -0.2) is 59.7 Å². The van der Waals surface area contributed by atoms with Crippen molar-refractivity contribution in [3.63, 3.8) is 0 Å². The summed E-state index contributed by atoms with van der Waals surface area (Å²) in [6.45, 7) is 1.26. The van der Waals surface area contributed by atoms with Crippen LogP contribution in [0.15, 0.2) is 30.5 Å². The number of aliphatic carboxylic acids is 1. The molecule has 0 amide bonds. The Balaban J connectivity index is 2.26. The van der Waals surface area contributed by atoms with E-state index in [1.54, 1.807) is 11.1 Å². The van der Waals surface area contributed by atoms with Gasteiger partial charge >= 0.3 is 5.97 Å². The zero-order valence-corrected chi connectivity index (χ0v) is 11.7. The van der Waals surface area contributed by atoms with E-state index in [1.165, 1.54) is 0 Å². The van der Waals surface area contributed by atoms with E-state index in [4.69, 9.17) is 5.11 Å². The second-order valence-corrected chi connectivity index (χ2v) is 4.84. The number of fused-ring (bicyclic) bond motifs is 1. The average Bonchev–Trinajstić information content (AvgIpc) is 2.42. The number of carbonyl (C=O) groups is 1. The number of hydrogen-bond donors (Lipinski definition) is 1. The lowest BCUT2D eigenvalue weighted by Crippen LogP contribution is -2.36. The van der Waals surface area contributed by atoms with E-state index in [0.29, 0.717) is 12.4 Å². The average molecular weight is 274 g/mol. The molecule has 0 aliphatic carbocycles. The summed E-state index contributed by atoms with van der Waals surface area (Å²) in [5.74, 6) is -0.285. The van der Waals surface area contributed by atoms with Gasteiger partial charge in [-0.1, -0.05) is 12.1 Å². The van der Waals surface area contributed by atoms with E-state index >= 15 is 0 Å². The third kappa shape index (κ3) is 3.64. The Morgan fingerprint density at radius 2 is 1.90 bits per heavy atom. The molecule has 1 aromatic carbocycles. The molecule has 0 atom stereocenters. The molecule has 0 unspecified atom stereocenters. The Hall–Kier alpha value is -2.21. The van der Waals surface area contributed by atoms with Gasteiger partial charge in [0, 0.05) is 13.1 Å². The maximum absolute atomic E-state index is 11.0. The number of carboxylic acids is 1. The van der Waals surface area contributed by atoms with Gasteiger partial charge in [0.1, 0.15) is 12.4 Å². The molecule has 6 heteroatoms. The van der Waals surface area contributed by atoms with E-state index in [2.05, 4.69) is 9.97 Å². The molecular weight excluding hydrogens is 256 g/mol. The normalized spacial score (nSPS) is 10.9. The van der Waals surface area contributed by atoms with Crippen molar-refractivity contribution in [2.45, 2.75) is 0 Å². The van der Waals surface area contributed by atoms with Crippen LogP contribution in [0.1, 0.15) is 0 Å². The van der Waals surface area contributed by atoms with E-state index in [9.17, 15) is 4.79 Å². The molecule has 0 aliphatic heterocycles. The van der Waals surface area contributed by atoms with Crippen LogP contribution in [0, 0.1) is 0 Å². The van der Waals surface area contributed by atoms with E-state index in [1.807, 2.05) is 43.3 Å². The molecule has 2 aromatic rings. The van der Waals surface area contributed by atoms with Gasteiger partial charge in [0.2, 0.25) is 0 Å². The monoisotopic (exact) mass is 274 g/mol. The highest BCUT2D eigenvalue weighted by atomic mass is 16.4. The van der Waals surface area contributed by atoms with Gasteiger partial charge in [0.05, 0.1) is 17.2 Å². The van der Waals surface area contributed by atoms with Gasteiger partial charge in [-0.25, -0.2) is 4.98 Å². The maximum Gasteiger partial charge on any atom is 0.323 e. The van der Waals surface area contributed by atoms with Crippen molar-refractivity contribution in [3.05, 3.63) is 30.5 Å². The zero-order chi connectivity index (χ0) is 14.5. The van der Waals surface area contributed by atoms with Crippen LogP contribution in [-0.2, 0) is 4.79 Å². The molecule has 1 heterocycles. The van der Waals surface area contributed by atoms with Crippen LogP contribution in [0.3, 0.4) is 0 Å². The van der Waals surface area contributed by atoms with Crippen LogP contribution < -0.4 is 4.90 Å². The lowest BCUT2D eigenvalue weighted by atomic mass is 10.3. The highest BCUT2D eigenvalue weighted by Crippen LogP contribution is 2.15. The van der Waals surface area contributed by atoms with Gasteiger partial charge in [-0.05, 0) is 26.2 Å². The van der Waals surface area contributed by atoms with E-state index in [-0.39, 0.29) is 6.54 Å². The molecule has 0 radical (unpaired) electrons. The first-order valence-corrected chi connectivity index (χ1v) is 6.39. The summed E-state index contributed by atoms with van der Waals surface area (Å²) >= 11 is 0. The predicted octanol–water partition coefficient (Wildman–Crippen LogP) is 1.08. The number of carboxylic acid groups (broad SMARTS) is 1. The van der Waals surface area contributed by atoms with Crippen molar-refractivity contribution < 1.29 is 9.90 Å². The Morgan fingerprint density at radius 1 is 1.20 bits per heavy atom. The van der Waals surface area contributed by atoms with Crippen molar-refractivity contribution >= 4 is 22.8 Å². The molecule has 1 aromatic heterocycles. The maximum atomic E-state index is 11.0. The number of benzene rings is 1. The molecule has 0 saturated carbocycles. The fraction of sp³-hybridized carbons (Fsp3) is 0.357. The molecule has 0 fully saturated rings. The van der Waals surface area contributed by atoms with Gasteiger partial charge in [-0.3, -0.25) is 9.78 Å².